The Morgan fingerprint density at radius 3 is 2.21 bits per heavy atom. The van der Waals surface area contributed by atoms with Gasteiger partial charge in [-0.05, 0) is 16.5 Å². The van der Waals surface area contributed by atoms with Crippen molar-refractivity contribution in [3.63, 3.8) is 0 Å². The molecule has 3 nitrogen and oxygen atoms in total. The molecule has 0 aliphatic carbocycles. The summed E-state index contributed by atoms with van der Waals surface area (Å²) in [5.41, 5.74) is 9.59. The van der Waals surface area contributed by atoms with Crippen molar-refractivity contribution >= 4 is 11.6 Å². The zero-order valence-corrected chi connectivity index (χ0v) is 12.6. The number of hydrogen-bond donors (Lipinski definition) is 1. The minimum absolute atomic E-state index is 0.146. The minimum Gasteiger partial charge on any atom is -0.319 e. The van der Waals surface area contributed by atoms with E-state index < -0.39 is 0 Å². The zero-order valence-electron chi connectivity index (χ0n) is 11.8. The summed E-state index contributed by atoms with van der Waals surface area (Å²) < 4.78 is 1.73. The highest BCUT2D eigenvalue weighted by atomic mass is 35.5. The lowest BCUT2D eigenvalue weighted by atomic mass is 9.86. The fourth-order valence-corrected chi connectivity index (χ4v) is 2.40. The zero-order chi connectivity index (χ0) is 14.2. The topological polar surface area (TPSA) is 43.8 Å². The Hall–Kier alpha value is -1.32. The van der Waals surface area contributed by atoms with Gasteiger partial charge in [0.1, 0.15) is 0 Å². The van der Waals surface area contributed by atoms with Crippen molar-refractivity contribution in [2.24, 2.45) is 12.8 Å². The maximum Gasteiger partial charge on any atom is 0.0837 e. The summed E-state index contributed by atoms with van der Waals surface area (Å²) in [5, 5.41) is 4.73. The summed E-state index contributed by atoms with van der Waals surface area (Å²) in [4.78, 5) is 0. The molecule has 0 radical (unpaired) electrons. The molecule has 2 N–H and O–H groups in total. The molecular weight excluding hydrogens is 258 g/mol. The number of nitrogens with two attached hydrogens (primary N) is 1. The third kappa shape index (κ3) is 2.82. The van der Waals surface area contributed by atoms with E-state index in [1.54, 1.807) is 10.9 Å². The van der Waals surface area contributed by atoms with E-state index in [2.05, 4.69) is 50.1 Å². The highest BCUT2D eigenvalue weighted by Crippen LogP contribution is 2.28. The summed E-state index contributed by atoms with van der Waals surface area (Å²) >= 11 is 6.13. The Labute approximate surface area is 119 Å². The van der Waals surface area contributed by atoms with Gasteiger partial charge in [0.15, 0.2) is 0 Å². The van der Waals surface area contributed by atoms with Crippen LogP contribution in [0, 0.1) is 0 Å². The molecule has 1 aromatic carbocycles. The van der Waals surface area contributed by atoms with Crippen molar-refractivity contribution in [3.05, 3.63) is 52.3 Å². The average Bonchev–Trinajstić information content (AvgIpc) is 2.67. The molecule has 19 heavy (non-hydrogen) atoms. The second kappa shape index (κ2) is 4.99. The van der Waals surface area contributed by atoms with Gasteiger partial charge in [-0.25, -0.2) is 0 Å². The van der Waals surface area contributed by atoms with Crippen molar-refractivity contribution in [2.75, 3.05) is 0 Å². The molecule has 2 aromatic rings. The molecule has 1 atom stereocenters. The number of nitrogens with zero attached hydrogens (tertiary/aromatic N) is 2. The van der Waals surface area contributed by atoms with Gasteiger partial charge in [0, 0.05) is 7.05 Å². The molecule has 0 aliphatic rings. The molecule has 1 aromatic heterocycles. The van der Waals surface area contributed by atoms with Crippen LogP contribution in [0.25, 0.3) is 0 Å². The fourth-order valence-electron chi connectivity index (χ4n) is 2.12. The Morgan fingerprint density at radius 1 is 1.21 bits per heavy atom. The molecule has 1 unspecified atom stereocenters. The van der Waals surface area contributed by atoms with E-state index >= 15 is 0 Å². The van der Waals surface area contributed by atoms with E-state index in [-0.39, 0.29) is 11.5 Å². The fraction of sp³-hybridized carbons (Fsp3) is 0.400. The Balaban J connectivity index is 2.33. The van der Waals surface area contributed by atoms with Crippen LogP contribution in [-0.2, 0) is 12.5 Å². The number of halogens is 1. The van der Waals surface area contributed by atoms with Crippen molar-refractivity contribution in [1.29, 1.82) is 0 Å². The van der Waals surface area contributed by atoms with Gasteiger partial charge in [0.05, 0.1) is 23.0 Å². The summed E-state index contributed by atoms with van der Waals surface area (Å²) in [7, 11) is 1.85. The lowest BCUT2D eigenvalue weighted by molar-refractivity contribution is 0.589. The first-order chi connectivity index (χ1) is 8.80. The first-order valence-corrected chi connectivity index (χ1v) is 6.72. The van der Waals surface area contributed by atoms with Gasteiger partial charge in [0.25, 0.3) is 0 Å². The third-order valence-corrected chi connectivity index (χ3v) is 3.66. The van der Waals surface area contributed by atoms with E-state index in [4.69, 9.17) is 17.3 Å². The van der Waals surface area contributed by atoms with Crippen LogP contribution >= 0.6 is 11.6 Å². The summed E-state index contributed by atoms with van der Waals surface area (Å²) in [6.07, 6.45) is 1.63. The number of aromatic nitrogens is 2. The van der Waals surface area contributed by atoms with Gasteiger partial charge in [0.2, 0.25) is 0 Å². The van der Waals surface area contributed by atoms with Crippen LogP contribution in [0.4, 0.5) is 0 Å². The molecule has 4 heteroatoms. The number of benzene rings is 1. The predicted octanol–water partition coefficient (Wildman–Crippen LogP) is 3.42. The van der Waals surface area contributed by atoms with Crippen molar-refractivity contribution < 1.29 is 0 Å². The van der Waals surface area contributed by atoms with E-state index in [0.717, 1.165) is 11.3 Å². The van der Waals surface area contributed by atoms with Gasteiger partial charge >= 0.3 is 0 Å². The monoisotopic (exact) mass is 277 g/mol. The van der Waals surface area contributed by atoms with Crippen LogP contribution in [0.15, 0.2) is 30.5 Å². The number of aryl methyl sites for hydroxylation is 1. The minimum atomic E-state index is -0.256. The van der Waals surface area contributed by atoms with Crippen LogP contribution in [0.2, 0.25) is 5.02 Å². The molecule has 2 rings (SSSR count). The molecule has 0 saturated heterocycles. The van der Waals surface area contributed by atoms with Gasteiger partial charge in [-0.3, -0.25) is 4.68 Å². The van der Waals surface area contributed by atoms with Gasteiger partial charge in [-0.2, -0.15) is 5.10 Å². The van der Waals surface area contributed by atoms with Crippen LogP contribution in [0.3, 0.4) is 0 Å². The second-order valence-corrected chi connectivity index (χ2v) is 6.26. The predicted molar refractivity (Wildman–Crippen MR) is 79.4 cm³/mol. The third-order valence-electron chi connectivity index (χ3n) is 3.37. The van der Waals surface area contributed by atoms with Gasteiger partial charge in [-0.15, -0.1) is 0 Å². The van der Waals surface area contributed by atoms with E-state index in [1.165, 1.54) is 5.56 Å². The molecule has 0 bridgehead atoms. The quantitative estimate of drug-likeness (QED) is 0.914. The van der Waals surface area contributed by atoms with Crippen LogP contribution in [0.5, 0.6) is 0 Å². The number of hydrogen-bond acceptors (Lipinski definition) is 2. The largest absolute Gasteiger partial charge is 0.319 e. The Bertz CT molecular complexity index is 545. The van der Waals surface area contributed by atoms with E-state index in [0.29, 0.717) is 5.02 Å². The molecular formula is C15H20ClN3. The van der Waals surface area contributed by atoms with Crippen LogP contribution in [-0.4, -0.2) is 9.78 Å². The maximum atomic E-state index is 6.28. The first-order valence-electron chi connectivity index (χ1n) is 6.34. The van der Waals surface area contributed by atoms with Crippen molar-refractivity contribution in [3.8, 4) is 0 Å². The first kappa shape index (κ1) is 14.1. The highest BCUT2D eigenvalue weighted by molar-refractivity contribution is 6.31. The maximum absolute atomic E-state index is 6.28. The van der Waals surface area contributed by atoms with E-state index in [9.17, 15) is 0 Å². The smallest absolute Gasteiger partial charge is 0.0837 e. The normalized spacial score (nSPS) is 13.6. The molecule has 0 fully saturated rings. The van der Waals surface area contributed by atoms with Crippen molar-refractivity contribution in [2.45, 2.75) is 32.2 Å². The van der Waals surface area contributed by atoms with E-state index in [1.807, 2.05) is 7.05 Å². The van der Waals surface area contributed by atoms with Gasteiger partial charge < -0.3 is 5.73 Å². The SMILES string of the molecule is Cn1ncc(Cl)c1C(N)c1ccc(C(C)(C)C)cc1. The average molecular weight is 278 g/mol. The summed E-state index contributed by atoms with van der Waals surface area (Å²) in [6.45, 7) is 6.58. The number of rotatable bonds is 2. The lowest BCUT2D eigenvalue weighted by Gasteiger charge is -2.20. The second-order valence-electron chi connectivity index (χ2n) is 5.85. The summed E-state index contributed by atoms with van der Waals surface area (Å²) in [6, 6.07) is 8.12. The molecule has 0 saturated carbocycles. The molecule has 0 amide bonds. The van der Waals surface area contributed by atoms with Crippen LogP contribution < -0.4 is 5.73 Å². The lowest BCUT2D eigenvalue weighted by Crippen LogP contribution is -2.17. The molecule has 102 valence electrons. The molecule has 0 aliphatic heterocycles. The van der Waals surface area contributed by atoms with Gasteiger partial charge in [-0.1, -0.05) is 56.6 Å². The summed E-state index contributed by atoms with van der Waals surface area (Å²) in [5.74, 6) is 0. The highest BCUT2D eigenvalue weighted by Gasteiger charge is 2.18. The standard InChI is InChI=1S/C15H20ClN3/c1-15(2,3)11-7-5-10(6-8-11)13(17)14-12(16)9-18-19(14)4/h5-9,13H,17H2,1-4H3. The Kier molecular flexibility index (Phi) is 3.70. The van der Waals surface area contributed by atoms with Crippen LogP contribution in [0.1, 0.15) is 43.6 Å². The Morgan fingerprint density at radius 2 is 1.79 bits per heavy atom. The van der Waals surface area contributed by atoms with Crippen molar-refractivity contribution in [1.82, 2.24) is 9.78 Å². The molecule has 0 spiro atoms. The molecule has 1 heterocycles.